The Morgan fingerprint density at radius 3 is 1.83 bits per heavy atom. The van der Waals surface area contributed by atoms with E-state index in [0.717, 1.165) is 0 Å². The lowest BCUT2D eigenvalue weighted by Crippen LogP contribution is -2.40. The lowest BCUT2D eigenvalue weighted by Gasteiger charge is -2.37. The van der Waals surface area contributed by atoms with Crippen molar-refractivity contribution in [2.75, 3.05) is 0 Å². The molecule has 5 heteroatoms. The Balaban J connectivity index is 1.86. The molecule has 0 spiro atoms. The second-order valence-electron chi connectivity index (χ2n) is 5.59. The molecule has 0 aromatic heterocycles. The lowest BCUT2D eigenvalue weighted by atomic mass is 9.63. The van der Waals surface area contributed by atoms with Crippen LogP contribution in [-0.2, 0) is 9.59 Å². The van der Waals surface area contributed by atoms with Crippen molar-refractivity contribution < 1.29 is 9.59 Å². The first-order valence-electron chi connectivity index (χ1n) is 6.01. The monoisotopic (exact) mass is 239 g/mol. The number of hydrogen-bond donors (Lipinski definition) is 1. The molecular formula is C13H9N3O2. The van der Waals surface area contributed by atoms with Gasteiger partial charge in [0.1, 0.15) is 0 Å². The van der Waals surface area contributed by atoms with Crippen LogP contribution in [0.1, 0.15) is 0 Å². The van der Waals surface area contributed by atoms with Gasteiger partial charge in [-0.2, -0.15) is 10.5 Å². The van der Waals surface area contributed by atoms with E-state index in [2.05, 4.69) is 17.5 Å². The van der Waals surface area contributed by atoms with Crippen molar-refractivity contribution in [2.45, 2.75) is 0 Å². The second-order valence-corrected chi connectivity index (χ2v) is 5.59. The number of nitrogens with one attached hydrogen (secondary N) is 1. The van der Waals surface area contributed by atoms with E-state index < -0.39 is 5.41 Å². The van der Waals surface area contributed by atoms with Gasteiger partial charge in [-0.3, -0.25) is 14.9 Å². The molecule has 1 N–H and O–H groups in total. The molecule has 0 aromatic rings. The quantitative estimate of drug-likeness (QED) is 0.474. The molecule has 1 saturated heterocycles. The van der Waals surface area contributed by atoms with Gasteiger partial charge in [0.25, 0.3) is 0 Å². The van der Waals surface area contributed by atoms with Crippen LogP contribution in [0.4, 0.5) is 0 Å². The zero-order valence-corrected chi connectivity index (χ0v) is 9.33. The Bertz CT molecular complexity index is 557. The molecule has 2 saturated carbocycles. The molecule has 1 aliphatic heterocycles. The van der Waals surface area contributed by atoms with Crippen molar-refractivity contribution >= 4 is 11.8 Å². The maximum Gasteiger partial charge on any atom is 0.231 e. The van der Waals surface area contributed by atoms with Gasteiger partial charge in [0.15, 0.2) is 5.41 Å². The van der Waals surface area contributed by atoms with Crippen LogP contribution in [0.3, 0.4) is 0 Å². The zero-order valence-electron chi connectivity index (χ0n) is 9.33. The fourth-order valence-corrected chi connectivity index (χ4v) is 4.48. The molecule has 88 valence electrons. The minimum Gasteiger partial charge on any atom is -0.296 e. The van der Waals surface area contributed by atoms with Crippen LogP contribution in [0.25, 0.3) is 0 Å². The molecule has 5 nitrogen and oxygen atoms in total. The number of imide groups is 1. The van der Waals surface area contributed by atoms with Crippen molar-refractivity contribution in [2.24, 2.45) is 40.9 Å². The fourth-order valence-electron chi connectivity index (χ4n) is 4.48. The molecule has 5 rings (SSSR count). The fraction of sp³-hybridized carbons (Fsp3) is 0.538. The van der Waals surface area contributed by atoms with Gasteiger partial charge in [0, 0.05) is 11.8 Å². The van der Waals surface area contributed by atoms with Crippen LogP contribution in [0.2, 0.25) is 0 Å². The average molecular weight is 239 g/mol. The number of allylic oxidation sites excluding steroid dienone is 2. The van der Waals surface area contributed by atoms with Crippen molar-refractivity contribution in [3.8, 4) is 12.1 Å². The molecule has 6 unspecified atom stereocenters. The first-order chi connectivity index (χ1) is 8.65. The number of rotatable bonds is 0. The topological polar surface area (TPSA) is 93.8 Å². The summed E-state index contributed by atoms with van der Waals surface area (Å²) < 4.78 is 0. The van der Waals surface area contributed by atoms with Crippen molar-refractivity contribution in [3.63, 3.8) is 0 Å². The molecule has 0 radical (unpaired) electrons. The van der Waals surface area contributed by atoms with Crippen molar-refractivity contribution in [1.82, 2.24) is 5.32 Å². The van der Waals surface area contributed by atoms with E-state index in [1.54, 1.807) is 0 Å². The summed E-state index contributed by atoms with van der Waals surface area (Å²) in [7, 11) is 0. The molecule has 1 heterocycles. The number of carbonyl (C=O) groups excluding carboxylic acids is 2. The predicted molar refractivity (Wildman–Crippen MR) is 56.9 cm³/mol. The smallest absolute Gasteiger partial charge is 0.231 e. The van der Waals surface area contributed by atoms with Crippen molar-refractivity contribution in [3.05, 3.63) is 12.2 Å². The summed E-state index contributed by atoms with van der Waals surface area (Å²) in [5.41, 5.74) is -0.982. The number of carbonyl (C=O) groups is 2. The first-order valence-corrected chi connectivity index (χ1v) is 6.01. The van der Waals surface area contributed by atoms with Gasteiger partial charge in [-0.05, 0) is 11.8 Å². The van der Waals surface area contributed by atoms with Gasteiger partial charge < -0.3 is 0 Å². The molecular weight excluding hydrogens is 230 g/mol. The summed E-state index contributed by atoms with van der Waals surface area (Å²) in [6.07, 6.45) is 3.86. The Morgan fingerprint density at radius 1 is 1.00 bits per heavy atom. The van der Waals surface area contributed by atoms with Gasteiger partial charge in [0.2, 0.25) is 11.8 Å². The van der Waals surface area contributed by atoms with Gasteiger partial charge in [-0.1, -0.05) is 12.2 Å². The van der Waals surface area contributed by atoms with E-state index in [4.69, 9.17) is 0 Å². The summed E-state index contributed by atoms with van der Waals surface area (Å²) in [6.45, 7) is 0. The average Bonchev–Trinajstić information content (AvgIpc) is 3.00. The summed E-state index contributed by atoms with van der Waals surface area (Å²) in [4.78, 5) is 23.7. The standard InChI is InChI=1S/C13H9N3O2/c14-3-13(4-15)9-5-1-2-6(10(9)13)8-7(5)11(17)16-12(8)18/h1-2,5-10H,(H,16,17,18). The molecule has 3 fully saturated rings. The Kier molecular flexibility index (Phi) is 1.45. The second kappa shape index (κ2) is 2.64. The Labute approximate surface area is 103 Å². The largest absolute Gasteiger partial charge is 0.296 e. The van der Waals surface area contributed by atoms with E-state index in [1.165, 1.54) is 0 Å². The van der Waals surface area contributed by atoms with Crippen molar-refractivity contribution in [1.29, 1.82) is 10.5 Å². The number of nitrogens with zero attached hydrogens (tertiary/aromatic N) is 2. The highest BCUT2D eigenvalue weighted by molar-refractivity contribution is 6.06. The van der Waals surface area contributed by atoms with Crippen LogP contribution in [0.5, 0.6) is 0 Å². The molecule has 2 amide bonds. The zero-order chi connectivity index (χ0) is 12.7. The predicted octanol–water partition coefficient (Wildman–Crippen LogP) is -0.0294. The molecule has 0 aromatic carbocycles. The maximum atomic E-state index is 11.8. The normalized spacial score (nSPS) is 48.8. The number of amides is 2. The molecule has 18 heavy (non-hydrogen) atoms. The highest BCUT2D eigenvalue weighted by Gasteiger charge is 2.79. The summed E-state index contributed by atoms with van der Waals surface area (Å²) in [5, 5.41) is 20.9. The summed E-state index contributed by atoms with van der Waals surface area (Å²) in [6, 6.07) is 4.24. The Morgan fingerprint density at radius 2 is 1.44 bits per heavy atom. The SMILES string of the molecule is N#CC1(C#N)C2C3C=CC(C4C(=O)NC(=O)C34)C21. The van der Waals surface area contributed by atoms with Gasteiger partial charge in [-0.25, -0.2) is 0 Å². The minimum atomic E-state index is -0.982. The van der Waals surface area contributed by atoms with Crippen LogP contribution < -0.4 is 5.32 Å². The number of nitriles is 2. The van der Waals surface area contributed by atoms with E-state index in [9.17, 15) is 20.1 Å². The number of hydrogen-bond acceptors (Lipinski definition) is 4. The highest BCUT2D eigenvalue weighted by Crippen LogP contribution is 2.74. The van der Waals surface area contributed by atoms with Crippen LogP contribution in [-0.4, -0.2) is 11.8 Å². The van der Waals surface area contributed by atoms with E-state index in [-0.39, 0.29) is 47.3 Å². The third kappa shape index (κ3) is 0.762. The first kappa shape index (κ1) is 9.85. The van der Waals surface area contributed by atoms with E-state index in [0.29, 0.717) is 0 Å². The van der Waals surface area contributed by atoms with E-state index in [1.807, 2.05) is 12.2 Å². The van der Waals surface area contributed by atoms with Crippen LogP contribution in [0.15, 0.2) is 12.2 Å². The molecule has 4 aliphatic carbocycles. The third-order valence-corrected chi connectivity index (χ3v) is 5.15. The lowest BCUT2D eigenvalue weighted by molar-refractivity contribution is -0.126. The molecule has 5 aliphatic rings. The summed E-state index contributed by atoms with van der Waals surface area (Å²) >= 11 is 0. The minimum absolute atomic E-state index is 0.0691. The van der Waals surface area contributed by atoms with Crippen LogP contribution >= 0.6 is 0 Å². The highest BCUT2D eigenvalue weighted by atomic mass is 16.2. The third-order valence-electron chi connectivity index (χ3n) is 5.15. The Hall–Kier alpha value is -2.14. The summed E-state index contributed by atoms with van der Waals surface area (Å²) in [5.74, 6) is -1.60. The van der Waals surface area contributed by atoms with Crippen LogP contribution in [0, 0.1) is 63.6 Å². The van der Waals surface area contributed by atoms with Gasteiger partial charge >= 0.3 is 0 Å². The maximum absolute atomic E-state index is 11.8. The molecule has 6 atom stereocenters. The molecule has 2 bridgehead atoms. The van der Waals surface area contributed by atoms with Gasteiger partial charge in [0.05, 0.1) is 24.0 Å². The van der Waals surface area contributed by atoms with Gasteiger partial charge in [-0.15, -0.1) is 0 Å². The van der Waals surface area contributed by atoms with E-state index >= 15 is 0 Å².